The van der Waals surface area contributed by atoms with Gasteiger partial charge in [-0.25, -0.2) is 13.2 Å². The summed E-state index contributed by atoms with van der Waals surface area (Å²) >= 11 is 0. The normalized spacial score (nSPS) is 12.9. The SMILES string of the molecule is CCN([C@H](Cc1ccc(O)cc1)C(=O)O)S(=O)(=O)c1ccc2[nH]c(=O)[nH]c(=O)c2c1. The highest BCUT2D eigenvalue weighted by Crippen LogP contribution is 2.23. The number of benzene rings is 2. The van der Waals surface area contributed by atoms with Crippen LogP contribution in [0.25, 0.3) is 10.9 Å². The number of nitrogens with one attached hydrogen (secondary N) is 2. The molecule has 0 saturated carbocycles. The quantitative estimate of drug-likeness (QED) is 0.425. The Morgan fingerprint density at radius 2 is 1.77 bits per heavy atom. The number of phenolic OH excluding ortho intramolecular Hbond substituents is 1. The number of carboxylic acid groups (broad SMARTS) is 1. The van der Waals surface area contributed by atoms with E-state index in [9.17, 15) is 33.0 Å². The molecule has 0 saturated heterocycles. The number of sulfonamides is 1. The van der Waals surface area contributed by atoms with Crippen LogP contribution in [0.15, 0.2) is 56.9 Å². The van der Waals surface area contributed by atoms with Crippen molar-refractivity contribution in [2.24, 2.45) is 0 Å². The predicted octanol–water partition coefficient (Wildman–Crippen LogP) is 0.628. The number of carbonyl (C=O) groups is 1. The van der Waals surface area contributed by atoms with Gasteiger partial charge in [0, 0.05) is 6.54 Å². The Hall–Kier alpha value is -3.44. The summed E-state index contributed by atoms with van der Waals surface area (Å²) in [7, 11) is -4.28. The van der Waals surface area contributed by atoms with Gasteiger partial charge in [0.15, 0.2) is 0 Å². The lowest BCUT2D eigenvalue weighted by Gasteiger charge is -2.27. The van der Waals surface area contributed by atoms with Crippen molar-refractivity contribution in [2.45, 2.75) is 24.3 Å². The maximum absolute atomic E-state index is 13.2. The van der Waals surface area contributed by atoms with Crippen molar-refractivity contribution in [2.75, 3.05) is 6.54 Å². The van der Waals surface area contributed by atoms with Gasteiger partial charge >= 0.3 is 11.7 Å². The lowest BCUT2D eigenvalue weighted by atomic mass is 10.1. The number of phenols is 1. The minimum Gasteiger partial charge on any atom is -0.508 e. The van der Waals surface area contributed by atoms with Gasteiger partial charge in [-0.3, -0.25) is 14.6 Å². The topological polar surface area (TPSA) is 161 Å². The molecule has 0 radical (unpaired) electrons. The van der Waals surface area contributed by atoms with E-state index in [1.807, 2.05) is 4.98 Å². The molecule has 0 aliphatic heterocycles. The van der Waals surface area contributed by atoms with Crippen molar-refractivity contribution >= 4 is 26.9 Å². The van der Waals surface area contributed by atoms with Crippen LogP contribution in [0, 0.1) is 0 Å². The van der Waals surface area contributed by atoms with Gasteiger partial charge in [0.2, 0.25) is 10.0 Å². The molecule has 0 aliphatic rings. The molecule has 158 valence electrons. The van der Waals surface area contributed by atoms with Crippen molar-refractivity contribution in [3.05, 3.63) is 68.9 Å². The number of aromatic nitrogens is 2. The van der Waals surface area contributed by atoms with E-state index in [4.69, 9.17) is 0 Å². The molecule has 0 aliphatic carbocycles. The van der Waals surface area contributed by atoms with Gasteiger partial charge in [-0.05, 0) is 42.3 Å². The summed E-state index contributed by atoms with van der Waals surface area (Å²) in [4.78, 5) is 39.5. The molecule has 0 amide bonds. The largest absolute Gasteiger partial charge is 0.508 e. The number of hydrogen-bond acceptors (Lipinski definition) is 6. The Balaban J connectivity index is 2.05. The molecule has 1 atom stereocenters. The van der Waals surface area contributed by atoms with Crippen LogP contribution in [-0.4, -0.2) is 51.5 Å². The zero-order valence-corrected chi connectivity index (χ0v) is 16.6. The molecule has 3 rings (SSSR count). The second kappa shape index (κ2) is 8.13. The third-order valence-electron chi connectivity index (χ3n) is 4.63. The lowest BCUT2D eigenvalue weighted by Crippen LogP contribution is -2.46. The van der Waals surface area contributed by atoms with Gasteiger partial charge in [0.05, 0.1) is 15.8 Å². The van der Waals surface area contributed by atoms with E-state index < -0.39 is 33.3 Å². The summed E-state index contributed by atoms with van der Waals surface area (Å²) in [5.41, 5.74) is -0.795. The average Bonchev–Trinajstić information content (AvgIpc) is 2.68. The summed E-state index contributed by atoms with van der Waals surface area (Å²) in [6, 6.07) is 7.97. The average molecular weight is 433 g/mol. The Kier molecular flexibility index (Phi) is 5.76. The summed E-state index contributed by atoms with van der Waals surface area (Å²) in [5, 5.41) is 19.0. The van der Waals surface area contributed by atoms with Crippen molar-refractivity contribution < 1.29 is 23.4 Å². The number of carboxylic acids is 1. The standard InChI is InChI=1S/C19H19N3O7S/c1-2-22(16(18(25)26)9-11-3-5-12(23)6-4-11)30(28,29)13-7-8-15-14(10-13)17(24)21-19(27)20-15/h3-8,10,16,23H,2,9H2,1H3,(H,25,26)(H2,20,21,24,27)/t16-/m1/s1. The third kappa shape index (κ3) is 4.11. The van der Waals surface area contributed by atoms with Gasteiger partial charge in [-0.15, -0.1) is 0 Å². The van der Waals surface area contributed by atoms with E-state index in [1.54, 1.807) is 0 Å². The highest BCUT2D eigenvalue weighted by Gasteiger charge is 2.35. The van der Waals surface area contributed by atoms with Gasteiger partial charge in [0.1, 0.15) is 11.8 Å². The van der Waals surface area contributed by atoms with Crippen LogP contribution in [0.1, 0.15) is 12.5 Å². The number of H-pyrrole nitrogens is 2. The zero-order chi connectivity index (χ0) is 22.1. The maximum Gasteiger partial charge on any atom is 0.326 e. The second-order valence-electron chi connectivity index (χ2n) is 6.55. The molecular formula is C19H19N3O7S. The summed E-state index contributed by atoms with van der Waals surface area (Å²) < 4.78 is 27.3. The highest BCUT2D eigenvalue weighted by atomic mass is 32.2. The first-order chi connectivity index (χ1) is 14.1. The molecule has 11 heteroatoms. The van der Waals surface area contributed by atoms with Gasteiger partial charge in [0.25, 0.3) is 5.56 Å². The number of rotatable bonds is 7. The maximum atomic E-state index is 13.2. The van der Waals surface area contributed by atoms with Crippen LogP contribution in [0.2, 0.25) is 0 Å². The van der Waals surface area contributed by atoms with Crippen molar-refractivity contribution in [1.82, 2.24) is 14.3 Å². The Labute approximate surface area is 170 Å². The summed E-state index contributed by atoms with van der Waals surface area (Å²) in [5.74, 6) is -1.33. The fourth-order valence-electron chi connectivity index (χ4n) is 3.17. The van der Waals surface area contributed by atoms with E-state index in [-0.39, 0.29) is 34.5 Å². The van der Waals surface area contributed by atoms with E-state index in [2.05, 4.69) is 4.98 Å². The lowest BCUT2D eigenvalue weighted by molar-refractivity contribution is -0.141. The smallest absolute Gasteiger partial charge is 0.326 e. The molecule has 3 aromatic rings. The molecule has 2 aromatic carbocycles. The number of fused-ring (bicyclic) bond motifs is 1. The summed E-state index contributed by atoms with van der Waals surface area (Å²) in [6.45, 7) is 1.38. The van der Waals surface area contributed by atoms with Crippen LogP contribution in [0.3, 0.4) is 0 Å². The monoisotopic (exact) mass is 433 g/mol. The Morgan fingerprint density at radius 3 is 2.37 bits per heavy atom. The van der Waals surface area contributed by atoms with Crippen molar-refractivity contribution in [3.63, 3.8) is 0 Å². The van der Waals surface area contributed by atoms with E-state index in [1.165, 1.54) is 43.3 Å². The number of hydrogen-bond donors (Lipinski definition) is 4. The van der Waals surface area contributed by atoms with Crippen LogP contribution in [0.5, 0.6) is 5.75 Å². The molecule has 0 fully saturated rings. The summed E-state index contributed by atoms with van der Waals surface area (Å²) in [6.07, 6.45) is -0.121. The molecular weight excluding hydrogens is 414 g/mol. The molecule has 4 N–H and O–H groups in total. The van der Waals surface area contributed by atoms with Crippen LogP contribution >= 0.6 is 0 Å². The number of aromatic hydroxyl groups is 1. The molecule has 0 unspecified atom stereocenters. The minimum atomic E-state index is -4.28. The predicted molar refractivity (Wildman–Crippen MR) is 108 cm³/mol. The van der Waals surface area contributed by atoms with E-state index in [0.717, 1.165) is 10.4 Å². The van der Waals surface area contributed by atoms with E-state index >= 15 is 0 Å². The van der Waals surface area contributed by atoms with Crippen molar-refractivity contribution in [1.29, 1.82) is 0 Å². The first-order valence-electron chi connectivity index (χ1n) is 8.92. The second-order valence-corrected chi connectivity index (χ2v) is 8.44. The molecule has 0 spiro atoms. The molecule has 30 heavy (non-hydrogen) atoms. The first kappa shape index (κ1) is 21.3. The molecule has 1 aromatic heterocycles. The highest BCUT2D eigenvalue weighted by molar-refractivity contribution is 7.89. The number of nitrogens with zero attached hydrogens (tertiary/aromatic N) is 1. The fourth-order valence-corrected chi connectivity index (χ4v) is 4.78. The van der Waals surface area contributed by atoms with Crippen LogP contribution < -0.4 is 11.2 Å². The minimum absolute atomic E-state index is 0.00465. The molecule has 0 bridgehead atoms. The van der Waals surface area contributed by atoms with Gasteiger partial charge in [-0.1, -0.05) is 19.1 Å². The Morgan fingerprint density at radius 1 is 1.10 bits per heavy atom. The van der Waals surface area contributed by atoms with Gasteiger partial charge < -0.3 is 15.2 Å². The van der Waals surface area contributed by atoms with Crippen molar-refractivity contribution in [3.8, 4) is 5.75 Å². The third-order valence-corrected chi connectivity index (χ3v) is 6.61. The number of aromatic amines is 2. The number of likely N-dealkylation sites (N-methyl/N-ethyl adjacent to an activating group) is 1. The molecule has 1 heterocycles. The Bertz CT molecular complexity index is 1310. The number of aliphatic carboxylic acids is 1. The zero-order valence-electron chi connectivity index (χ0n) is 15.8. The first-order valence-corrected chi connectivity index (χ1v) is 10.4. The van der Waals surface area contributed by atoms with Gasteiger partial charge in [-0.2, -0.15) is 4.31 Å². The molecule has 10 nitrogen and oxygen atoms in total. The van der Waals surface area contributed by atoms with Crippen LogP contribution in [0.4, 0.5) is 0 Å². The van der Waals surface area contributed by atoms with Crippen LogP contribution in [-0.2, 0) is 21.2 Å². The van der Waals surface area contributed by atoms with E-state index in [0.29, 0.717) is 5.56 Å². The fraction of sp³-hybridized carbons (Fsp3) is 0.211.